The molecule has 1 fully saturated rings. The van der Waals surface area contributed by atoms with Crippen molar-refractivity contribution in [2.45, 2.75) is 39.2 Å². The fourth-order valence-electron chi connectivity index (χ4n) is 2.65. The summed E-state index contributed by atoms with van der Waals surface area (Å²) in [6.07, 6.45) is 4.72. The average Bonchev–Trinajstić information content (AvgIpc) is 2.41. The zero-order chi connectivity index (χ0) is 14.5. The minimum atomic E-state index is -0.394. The van der Waals surface area contributed by atoms with E-state index < -0.39 is 4.92 Å². The predicted octanol–water partition coefficient (Wildman–Crippen LogP) is 2.58. The van der Waals surface area contributed by atoms with Crippen LogP contribution in [-0.2, 0) is 0 Å². The lowest BCUT2D eigenvalue weighted by molar-refractivity contribution is -0.385. The van der Waals surface area contributed by atoms with Crippen LogP contribution in [0.1, 0.15) is 31.7 Å². The van der Waals surface area contributed by atoms with Gasteiger partial charge in [-0.05, 0) is 38.8 Å². The van der Waals surface area contributed by atoms with E-state index in [0.29, 0.717) is 11.6 Å². The van der Waals surface area contributed by atoms with Crippen molar-refractivity contribution in [1.82, 2.24) is 9.88 Å². The van der Waals surface area contributed by atoms with E-state index in [4.69, 9.17) is 0 Å². The van der Waals surface area contributed by atoms with Gasteiger partial charge in [0.15, 0.2) is 0 Å². The van der Waals surface area contributed by atoms with Crippen LogP contribution in [0.4, 0.5) is 11.5 Å². The molecule has 6 nitrogen and oxygen atoms in total. The summed E-state index contributed by atoms with van der Waals surface area (Å²) < 4.78 is 0. The zero-order valence-electron chi connectivity index (χ0n) is 12.1. The van der Waals surface area contributed by atoms with Gasteiger partial charge in [0, 0.05) is 24.7 Å². The molecule has 20 heavy (non-hydrogen) atoms. The Morgan fingerprint density at radius 3 is 2.75 bits per heavy atom. The summed E-state index contributed by atoms with van der Waals surface area (Å²) in [4.78, 5) is 17.0. The third-order valence-electron chi connectivity index (χ3n) is 3.76. The Morgan fingerprint density at radius 2 is 2.20 bits per heavy atom. The molecule has 0 aromatic carbocycles. The summed E-state index contributed by atoms with van der Waals surface area (Å²) >= 11 is 0. The number of nitro groups is 1. The molecule has 0 unspecified atom stereocenters. The molecular weight excluding hydrogens is 256 g/mol. The fraction of sp³-hybridized carbons (Fsp3) is 0.643. The van der Waals surface area contributed by atoms with Crippen LogP contribution in [0.25, 0.3) is 0 Å². The van der Waals surface area contributed by atoms with Gasteiger partial charge in [-0.15, -0.1) is 0 Å². The quantitative estimate of drug-likeness (QED) is 0.662. The molecular formula is C14H22N4O2. The minimum absolute atomic E-state index is 0.0771. The molecule has 1 aliphatic rings. The molecule has 0 spiro atoms. The molecule has 6 heteroatoms. The van der Waals surface area contributed by atoms with Gasteiger partial charge in [0.2, 0.25) is 0 Å². The van der Waals surface area contributed by atoms with Gasteiger partial charge in [-0.25, -0.2) is 4.98 Å². The smallest absolute Gasteiger partial charge is 0.290 e. The molecule has 1 aromatic rings. The number of piperidine rings is 1. The molecule has 1 aliphatic heterocycles. The number of rotatable bonds is 5. The number of hydrogen-bond donors (Lipinski definition) is 1. The van der Waals surface area contributed by atoms with Crippen LogP contribution >= 0.6 is 0 Å². The molecule has 1 saturated heterocycles. The second-order valence-corrected chi connectivity index (χ2v) is 5.37. The van der Waals surface area contributed by atoms with Gasteiger partial charge in [0.05, 0.1) is 4.92 Å². The van der Waals surface area contributed by atoms with E-state index >= 15 is 0 Å². The topological polar surface area (TPSA) is 71.3 Å². The summed E-state index contributed by atoms with van der Waals surface area (Å²) in [6.45, 7) is 7.33. The number of likely N-dealkylation sites (tertiary alicyclic amines) is 1. The molecule has 2 rings (SSSR count). The Balaban J connectivity index is 1.91. The van der Waals surface area contributed by atoms with E-state index in [1.54, 1.807) is 13.0 Å². The summed E-state index contributed by atoms with van der Waals surface area (Å²) in [5, 5.41) is 14.2. The largest absolute Gasteiger partial charge is 0.367 e. The maximum absolute atomic E-state index is 10.8. The molecule has 0 saturated carbocycles. The van der Waals surface area contributed by atoms with Gasteiger partial charge in [-0.3, -0.25) is 10.1 Å². The molecule has 1 aromatic heterocycles. The van der Waals surface area contributed by atoms with Gasteiger partial charge in [-0.2, -0.15) is 0 Å². The highest BCUT2D eigenvalue weighted by molar-refractivity contribution is 5.47. The molecule has 0 amide bonds. The normalized spacial score (nSPS) is 17.1. The summed E-state index contributed by atoms with van der Waals surface area (Å²) in [5.41, 5.74) is 0.726. The van der Waals surface area contributed by atoms with E-state index in [1.165, 1.54) is 19.2 Å². The Bertz CT molecular complexity index is 470. The van der Waals surface area contributed by atoms with Crippen LogP contribution < -0.4 is 5.32 Å². The molecule has 0 atom stereocenters. The Labute approximate surface area is 119 Å². The number of aryl methyl sites for hydroxylation is 1. The van der Waals surface area contributed by atoms with Crippen LogP contribution in [-0.4, -0.2) is 40.5 Å². The molecule has 0 radical (unpaired) electrons. The van der Waals surface area contributed by atoms with E-state index in [2.05, 4.69) is 22.1 Å². The molecule has 110 valence electrons. The van der Waals surface area contributed by atoms with Crippen molar-refractivity contribution < 1.29 is 4.92 Å². The number of anilines is 1. The SMILES string of the molecule is CCCN1CCC(Nc2cc(C)c([N+](=O)[O-])cn2)CC1. The Morgan fingerprint density at radius 1 is 1.50 bits per heavy atom. The number of pyridine rings is 1. The first kappa shape index (κ1) is 14.7. The van der Waals surface area contributed by atoms with Crippen molar-refractivity contribution in [3.8, 4) is 0 Å². The van der Waals surface area contributed by atoms with Crippen molar-refractivity contribution in [3.05, 3.63) is 27.9 Å². The van der Waals surface area contributed by atoms with Crippen molar-refractivity contribution in [2.24, 2.45) is 0 Å². The maximum Gasteiger partial charge on any atom is 0.290 e. The van der Waals surface area contributed by atoms with Crippen LogP contribution in [0, 0.1) is 17.0 Å². The summed E-state index contributed by atoms with van der Waals surface area (Å²) in [7, 11) is 0. The zero-order valence-corrected chi connectivity index (χ0v) is 12.1. The van der Waals surface area contributed by atoms with E-state index in [9.17, 15) is 10.1 Å². The van der Waals surface area contributed by atoms with Gasteiger partial charge in [0.25, 0.3) is 5.69 Å². The van der Waals surface area contributed by atoms with Crippen molar-refractivity contribution in [2.75, 3.05) is 25.0 Å². The van der Waals surface area contributed by atoms with Crippen molar-refractivity contribution >= 4 is 11.5 Å². The summed E-state index contributed by atoms with van der Waals surface area (Å²) in [6, 6.07) is 2.17. The van der Waals surface area contributed by atoms with Crippen molar-refractivity contribution in [3.63, 3.8) is 0 Å². The lowest BCUT2D eigenvalue weighted by atomic mass is 10.0. The number of hydrogen-bond acceptors (Lipinski definition) is 5. The first-order valence-corrected chi connectivity index (χ1v) is 7.20. The Kier molecular flexibility index (Phi) is 4.89. The second kappa shape index (κ2) is 6.65. The van der Waals surface area contributed by atoms with E-state index in [-0.39, 0.29) is 5.69 Å². The highest BCUT2D eigenvalue weighted by Gasteiger charge is 2.19. The molecule has 2 heterocycles. The minimum Gasteiger partial charge on any atom is -0.367 e. The lowest BCUT2D eigenvalue weighted by Crippen LogP contribution is -2.39. The van der Waals surface area contributed by atoms with Crippen molar-refractivity contribution in [1.29, 1.82) is 0 Å². The molecule has 1 N–H and O–H groups in total. The van der Waals surface area contributed by atoms with E-state index in [0.717, 1.165) is 31.7 Å². The monoisotopic (exact) mass is 278 g/mol. The van der Waals surface area contributed by atoms with Crippen LogP contribution in [0.5, 0.6) is 0 Å². The van der Waals surface area contributed by atoms with Crippen LogP contribution in [0.15, 0.2) is 12.3 Å². The maximum atomic E-state index is 10.8. The van der Waals surface area contributed by atoms with Gasteiger partial charge < -0.3 is 10.2 Å². The average molecular weight is 278 g/mol. The highest BCUT2D eigenvalue weighted by atomic mass is 16.6. The number of aromatic nitrogens is 1. The third-order valence-corrected chi connectivity index (χ3v) is 3.76. The third kappa shape index (κ3) is 3.66. The predicted molar refractivity (Wildman–Crippen MR) is 79.0 cm³/mol. The van der Waals surface area contributed by atoms with Crippen LogP contribution in [0.3, 0.4) is 0 Å². The van der Waals surface area contributed by atoms with Crippen LogP contribution in [0.2, 0.25) is 0 Å². The van der Waals surface area contributed by atoms with Gasteiger partial charge in [0.1, 0.15) is 12.0 Å². The standard InChI is InChI=1S/C14H22N4O2/c1-3-6-17-7-4-12(5-8-17)16-14-9-11(2)13(10-15-14)18(19)20/h9-10,12H,3-8H2,1-2H3,(H,15,16). The molecule has 0 aliphatic carbocycles. The fourth-order valence-corrected chi connectivity index (χ4v) is 2.65. The second-order valence-electron chi connectivity index (χ2n) is 5.37. The number of nitrogens with one attached hydrogen (secondary N) is 1. The van der Waals surface area contributed by atoms with Gasteiger partial charge in [-0.1, -0.05) is 6.92 Å². The highest BCUT2D eigenvalue weighted by Crippen LogP contribution is 2.21. The molecule has 0 bridgehead atoms. The Hall–Kier alpha value is -1.69. The first-order valence-electron chi connectivity index (χ1n) is 7.20. The lowest BCUT2D eigenvalue weighted by Gasteiger charge is -2.32. The number of nitrogens with zero attached hydrogens (tertiary/aromatic N) is 3. The first-order chi connectivity index (χ1) is 9.60. The van der Waals surface area contributed by atoms with E-state index in [1.807, 2.05) is 0 Å². The van der Waals surface area contributed by atoms with Gasteiger partial charge >= 0.3 is 0 Å². The summed E-state index contributed by atoms with van der Waals surface area (Å²) in [5.74, 6) is 0.738.